The molecule has 1 aliphatic rings. The van der Waals surface area contributed by atoms with Crippen LogP contribution in [0.3, 0.4) is 0 Å². The minimum absolute atomic E-state index is 0.665. The Morgan fingerprint density at radius 3 is 2.68 bits per heavy atom. The molecule has 0 saturated heterocycles. The summed E-state index contributed by atoms with van der Waals surface area (Å²) in [6, 6.07) is 11.7. The number of hydrogen-bond donors (Lipinski definition) is 1. The van der Waals surface area contributed by atoms with E-state index in [4.69, 9.17) is 0 Å². The number of rotatable bonds is 5. The molecule has 3 unspecified atom stereocenters. The first-order valence-corrected chi connectivity index (χ1v) is 8.04. The molecule has 1 nitrogen and oxygen atoms in total. The van der Waals surface area contributed by atoms with Crippen LogP contribution in [0.15, 0.2) is 30.3 Å². The Balaban J connectivity index is 1.68. The third kappa shape index (κ3) is 4.99. The molecule has 3 atom stereocenters. The molecule has 1 heteroatoms. The lowest BCUT2D eigenvalue weighted by atomic mass is 9.97. The lowest BCUT2D eigenvalue weighted by Crippen LogP contribution is -2.30. The average molecular weight is 259 g/mol. The summed E-state index contributed by atoms with van der Waals surface area (Å²) in [4.78, 5) is 0. The summed E-state index contributed by atoms with van der Waals surface area (Å²) in [5, 5.41) is 3.78. The molecule has 0 heterocycles. The average Bonchev–Trinajstić information content (AvgIpc) is 2.65. The maximum Gasteiger partial charge on any atom is 0.00671 e. The van der Waals surface area contributed by atoms with Crippen molar-refractivity contribution in [3.05, 3.63) is 35.9 Å². The van der Waals surface area contributed by atoms with Crippen LogP contribution < -0.4 is 5.32 Å². The quantitative estimate of drug-likeness (QED) is 0.753. The second-order valence-electron chi connectivity index (χ2n) is 6.36. The molecular weight excluding hydrogens is 230 g/mol. The summed E-state index contributed by atoms with van der Waals surface area (Å²) in [5.74, 6) is 1.61. The fourth-order valence-corrected chi connectivity index (χ4v) is 3.14. The third-order valence-electron chi connectivity index (χ3n) is 4.64. The zero-order chi connectivity index (χ0) is 13.5. The summed E-state index contributed by atoms with van der Waals surface area (Å²) in [6.07, 6.45) is 8.25. The summed E-state index contributed by atoms with van der Waals surface area (Å²) < 4.78 is 0. The molecule has 0 radical (unpaired) electrons. The Hall–Kier alpha value is -0.820. The van der Waals surface area contributed by atoms with Gasteiger partial charge in [-0.1, -0.05) is 57.0 Å². The molecule has 0 spiro atoms. The van der Waals surface area contributed by atoms with Gasteiger partial charge in [-0.2, -0.15) is 0 Å². The normalized spacial score (nSPS) is 25.8. The monoisotopic (exact) mass is 259 g/mol. The standard InChI is InChI=1S/C18H29N/c1-15-7-6-10-18(12-11-15)19-14-13-16(2)17-8-4-3-5-9-17/h3-5,8-9,15-16,18-19H,6-7,10-14H2,1-2H3. The third-order valence-corrected chi connectivity index (χ3v) is 4.64. The first-order chi connectivity index (χ1) is 9.25. The largest absolute Gasteiger partial charge is 0.314 e. The Kier molecular flexibility index (Phi) is 5.91. The Morgan fingerprint density at radius 2 is 1.89 bits per heavy atom. The summed E-state index contributed by atoms with van der Waals surface area (Å²) in [5.41, 5.74) is 1.47. The van der Waals surface area contributed by atoms with Crippen LogP contribution in [0.5, 0.6) is 0 Å². The van der Waals surface area contributed by atoms with Gasteiger partial charge in [0.2, 0.25) is 0 Å². The van der Waals surface area contributed by atoms with Crippen LogP contribution in [0.4, 0.5) is 0 Å². The molecule has 0 amide bonds. The van der Waals surface area contributed by atoms with E-state index in [-0.39, 0.29) is 0 Å². The predicted octanol–water partition coefficient (Wildman–Crippen LogP) is 4.74. The zero-order valence-corrected chi connectivity index (χ0v) is 12.6. The van der Waals surface area contributed by atoms with E-state index in [1.807, 2.05) is 0 Å². The van der Waals surface area contributed by atoms with Crippen LogP contribution >= 0.6 is 0 Å². The number of nitrogens with one attached hydrogen (secondary N) is 1. The van der Waals surface area contributed by atoms with Crippen molar-refractivity contribution in [3.8, 4) is 0 Å². The van der Waals surface area contributed by atoms with Gasteiger partial charge in [-0.05, 0) is 49.6 Å². The highest BCUT2D eigenvalue weighted by Crippen LogP contribution is 2.23. The lowest BCUT2D eigenvalue weighted by Gasteiger charge is -2.18. The lowest BCUT2D eigenvalue weighted by molar-refractivity contribution is 0.437. The van der Waals surface area contributed by atoms with Gasteiger partial charge in [0.1, 0.15) is 0 Å². The van der Waals surface area contributed by atoms with Crippen molar-refractivity contribution in [2.45, 2.75) is 64.3 Å². The molecule has 19 heavy (non-hydrogen) atoms. The molecule has 1 aromatic rings. The summed E-state index contributed by atoms with van der Waals surface area (Å²) in [6.45, 7) is 5.90. The first kappa shape index (κ1) is 14.6. The second kappa shape index (κ2) is 7.69. The second-order valence-corrected chi connectivity index (χ2v) is 6.36. The highest BCUT2D eigenvalue weighted by Gasteiger charge is 2.15. The molecule has 1 aromatic carbocycles. The van der Waals surface area contributed by atoms with Crippen LogP contribution in [-0.2, 0) is 0 Å². The minimum Gasteiger partial charge on any atom is -0.314 e. The molecule has 1 fully saturated rings. The molecule has 0 aromatic heterocycles. The van der Waals surface area contributed by atoms with E-state index in [0.29, 0.717) is 5.92 Å². The van der Waals surface area contributed by atoms with Crippen molar-refractivity contribution in [3.63, 3.8) is 0 Å². The van der Waals surface area contributed by atoms with E-state index < -0.39 is 0 Å². The highest BCUT2D eigenvalue weighted by molar-refractivity contribution is 5.18. The molecule has 0 bridgehead atoms. The van der Waals surface area contributed by atoms with Crippen molar-refractivity contribution in [2.75, 3.05) is 6.54 Å². The van der Waals surface area contributed by atoms with E-state index in [2.05, 4.69) is 49.5 Å². The van der Waals surface area contributed by atoms with Crippen molar-refractivity contribution >= 4 is 0 Å². The molecule has 2 rings (SSSR count). The van der Waals surface area contributed by atoms with Crippen molar-refractivity contribution < 1.29 is 0 Å². The van der Waals surface area contributed by atoms with E-state index in [9.17, 15) is 0 Å². The van der Waals surface area contributed by atoms with Crippen molar-refractivity contribution in [1.82, 2.24) is 5.32 Å². The van der Waals surface area contributed by atoms with Gasteiger partial charge in [0, 0.05) is 6.04 Å². The SMILES string of the molecule is CC1CCCC(NCCC(C)c2ccccc2)CC1. The number of hydrogen-bond acceptors (Lipinski definition) is 1. The molecule has 1 aliphatic carbocycles. The molecule has 1 N–H and O–H groups in total. The summed E-state index contributed by atoms with van der Waals surface area (Å²) >= 11 is 0. The van der Waals surface area contributed by atoms with Crippen LogP contribution in [0.25, 0.3) is 0 Å². The van der Waals surface area contributed by atoms with Gasteiger partial charge in [0.25, 0.3) is 0 Å². The zero-order valence-electron chi connectivity index (χ0n) is 12.6. The summed E-state index contributed by atoms with van der Waals surface area (Å²) in [7, 11) is 0. The first-order valence-electron chi connectivity index (χ1n) is 8.04. The van der Waals surface area contributed by atoms with Crippen LogP contribution in [0.2, 0.25) is 0 Å². The van der Waals surface area contributed by atoms with Crippen LogP contribution in [0.1, 0.15) is 63.9 Å². The molecule has 1 saturated carbocycles. The minimum atomic E-state index is 0.665. The molecule has 106 valence electrons. The van der Waals surface area contributed by atoms with Crippen LogP contribution in [-0.4, -0.2) is 12.6 Å². The Morgan fingerprint density at radius 1 is 1.11 bits per heavy atom. The van der Waals surface area contributed by atoms with Crippen molar-refractivity contribution in [2.24, 2.45) is 5.92 Å². The van der Waals surface area contributed by atoms with E-state index in [1.54, 1.807) is 0 Å². The fourth-order valence-electron chi connectivity index (χ4n) is 3.14. The van der Waals surface area contributed by atoms with Gasteiger partial charge in [0.15, 0.2) is 0 Å². The van der Waals surface area contributed by atoms with Gasteiger partial charge in [-0.15, -0.1) is 0 Å². The smallest absolute Gasteiger partial charge is 0.00671 e. The van der Waals surface area contributed by atoms with E-state index in [1.165, 1.54) is 44.1 Å². The highest BCUT2D eigenvalue weighted by atomic mass is 14.9. The van der Waals surface area contributed by atoms with Gasteiger partial charge in [-0.3, -0.25) is 0 Å². The maximum atomic E-state index is 3.78. The maximum absolute atomic E-state index is 3.78. The van der Waals surface area contributed by atoms with Gasteiger partial charge in [-0.25, -0.2) is 0 Å². The Bertz CT molecular complexity index is 346. The topological polar surface area (TPSA) is 12.0 Å². The van der Waals surface area contributed by atoms with E-state index >= 15 is 0 Å². The van der Waals surface area contributed by atoms with Crippen molar-refractivity contribution in [1.29, 1.82) is 0 Å². The van der Waals surface area contributed by atoms with Gasteiger partial charge in [0.05, 0.1) is 0 Å². The fraction of sp³-hybridized carbons (Fsp3) is 0.667. The van der Waals surface area contributed by atoms with Gasteiger partial charge >= 0.3 is 0 Å². The number of benzene rings is 1. The van der Waals surface area contributed by atoms with Gasteiger partial charge < -0.3 is 5.32 Å². The van der Waals surface area contributed by atoms with Crippen LogP contribution in [0, 0.1) is 5.92 Å². The molecular formula is C18H29N. The Labute approximate surface area is 118 Å². The predicted molar refractivity (Wildman–Crippen MR) is 83.5 cm³/mol. The molecule has 0 aliphatic heterocycles. The van der Waals surface area contributed by atoms with E-state index in [0.717, 1.165) is 18.5 Å².